The number of aromatic nitrogens is 4. The predicted molar refractivity (Wildman–Crippen MR) is 120 cm³/mol. The summed E-state index contributed by atoms with van der Waals surface area (Å²) in [6.45, 7) is 1.56. The van der Waals surface area contributed by atoms with Crippen LogP contribution < -0.4 is 10.1 Å². The fourth-order valence-corrected chi connectivity index (χ4v) is 4.07. The molecule has 2 heterocycles. The molecule has 37 heavy (non-hydrogen) atoms. The molecule has 2 aromatic carbocycles. The number of nitrogens with one attached hydrogen (secondary N) is 2. The van der Waals surface area contributed by atoms with E-state index in [0.29, 0.717) is 17.0 Å². The van der Waals surface area contributed by atoms with Crippen molar-refractivity contribution in [3.63, 3.8) is 0 Å². The Hall–Kier alpha value is -3.90. The van der Waals surface area contributed by atoms with Crippen LogP contribution in [0.1, 0.15) is 36.0 Å². The summed E-state index contributed by atoms with van der Waals surface area (Å²) in [6.07, 6.45) is -9.80. The number of halogens is 6. The van der Waals surface area contributed by atoms with Crippen LogP contribution in [0.4, 0.5) is 26.3 Å². The molecular weight excluding hydrogens is 504 g/mol. The van der Waals surface area contributed by atoms with Crippen molar-refractivity contribution >= 4 is 11.5 Å². The average molecular weight is 525 g/mol. The van der Waals surface area contributed by atoms with E-state index < -0.39 is 36.6 Å². The first-order chi connectivity index (χ1) is 17.4. The minimum atomic E-state index is -4.84. The van der Waals surface area contributed by atoms with Crippen molar-refractivity contribution in [1.29, 1.82) is 0 Å². The van der Waals surface area contributed by atoms with E-state index in [-0.39, 0.29) is 29.9 Å². The van der Waals surface area contributed by atoms with Gasteiger partial charge in [0.2, 0.25) is 0 Å². The second kappa shape index (κ2) is 9.87. The highest BCUT2D eigenvalue weighted by atomic mass is 19.4. The number of aryl methyl sites for hydroxylation is 1. The van der Waals surface area contributed by atoms with Crippen LogP contribution in [-0.2, 0) is 10.3 Å². The second-order valence-corrected chi connectivity index (χ2v) is 8.55. The summed E-state index contributed by atoms with van der Waals surface area (Å²) in [5, 5.41) is 15.6. The molecule has 1 aliphatic heterocycles. The number of carbonyl (C=O) groups excluding carboxylic acids is 1. The molecule has 7 nitrogen and oxygen atoms in total. The van der Waals surface area contributed by atoms with Crippen LogP contribution in [0, 0.1) is 6.92 Å². The Balaban J connectivity index is 1.57. The Morgan fingerprint density at radius 3 is 2.38 bits per heavy atom. The summed E-state index contributed by atoms with van der Waals surface area (Å²) in [7, 11) is 0. The standard InChI is InChI=1S/C24H21F6N5O2/c1-14-3-4-15(13-19(14)20-32-34-35-33-20)18-9-11-22(24(28,29)30,31-21(18)36)16-5-7-17(8-6-16)37-12-2-10-23(25,26)27/h3-9,13H,2,10-12H2,1H3,(H,31,36)(H,32,33,34,35)/t22-/m1/s1. The smallest absolute Gasteiger partial charge is 0.416 e. The third-order valence-electron chi connectivity index (χ3n) is 6.04. The summed E-state index contributed by atoms with van der Waals surface area (Å²) >= 11 is 0. The van der Waals surface area contributed by atoms with E-state index in [9.17, 15) is 31.1 Å². The lowest BCUT2D eigenvalue weighted by Crippen LogP contribution is -2.57. The molecule has 0 saturated carbocycles. The minimum absolute atomic E-state index is 0.0678. The highest BCUT2D eigenvalue weighted by molar-refractivity contribution is 6.20. The van der Waals surface area contributed by atoms with Crippen LogP contribution >= 0.6 is 0 Å². The largest absolute Gasteiger partial charge is 0.494 e. The molecule has 2 N–H and O–H groups in total. The molecule has 0 bridgehead atoms. The Kier molecular flexibility index (Phi) is 6.98. The number of amides is 1. The van der Waals surface area contributed by atoms with Gasteiger partial charge >= 0.3 is 12.4 Å². The van der Waals surface area contributed by atoms with Gasteiger partial charge in [0.05, 0.1) is 6.61 Å². The van der Waals surface area contributed by atoms with Gasteiger partial charge in [-0.2, -0.15) is 26.3 Å². The summed E-state index contributed by atoms with van der Waals surface area (Å²) in [5.74, 6) is -0.446. The lowest BCUT2D eigenvalue weighted by Gasteiger charge is -2.39. The van der Waals surface area contributed by atoms with E-state index in [1.54, 1.807) is 25.1 Å². The molecule has 4 rings (SSSR count). The molecule has 1 aromatic heterocycles. The van der Waals surface area contributed by atoms with Gasteiger partial charge in [-0.1, -0.05) is 30.3 Å². The van der Waals surface area contributed by atoms with E-state index >= 15 is 0 Å². The Morgan fingerprint density at radius 2 is 1.78 bits per heavy atom. The van der Waals surface area contributed by atoms with Crippen molar-refractivity contribution in [1.82, 2.24) is 25.9 Å². The van der Waals surface area contributed by atoms with Crippen LogP contribution in [0.3, 0.4) is 0 Å². The molecule has 0 fully saturated rings. The third-order valence-corrected chi connectivity index (χ3v) is 6.04. The van der Waals surface area contributed by atoms with Crippen LogP contribution in [0.5, 0.6) is 5.75 Å². The first-order valence-corrected chi connectivity index (χ1v) is 11.1. The molecule has 0 unspecified atom stereocenters. The number of hydrogen-bond acceptors (Lipinski definition) is 5. The normalized spacial score (nSPS) is 18.4. The van der Waals surface area contributed by atoms with Gasteiger partial charge in [0.15, 0.2) is 11.4 Å². The minimum Gasteiger partial charge on any atom is -0.494 e. The maximum atomic E-state index is 14.3. The quantitative estimate of drug-likeness (QED) is 0.325. The highest BCUT2D eigenvalue weighted by Crippen LogP contribution is 2.45. The lowest BCUT2D eigenvalue weighted by atomic mass is 9.81. The summed E-state index contributed by atoms with van der Waals surface area (Å²) in [4.78, 5) is 13.0. The summed E-state index contributed by atoms with van der Waals surface area (Å²) < 4.78 is 85.0. The first kappa shape index (κ1) is 26.2. The zero-order valence-corrected chi connectivity index (χ0v) is 19.4. The van der Waals surface area contributed by atoms with Crippen molar-refractivity contribution in [2.75, 3.05) is 6.61 Å². The van der Waals surface area contributed by atoms with Crippen LogP contribution in [0.25, 0.3) is 17.0 Å². The molecule has 0 aliphatic carbocycles. The van der Waals surface area contributed by atoms with Crippen LogP contribution in [0.2, 0.25) is 0 Å². The zero-order valence-electron chi connectivity index (χ0n) is 19.4. The zero-order chi connectivity index (χ0) is 26.8. The van der Waals surface area contributed by atoms with Gasteiger partial charge in [-0.15, -0.1) is 5.10 Å². The van der Waals surface area contributed by atoms with Crippen molar-refractivity contribution in [2.24, 2.45) is 0 Å². The molecule has 3 aromatic rings. The number of nitrogens with zero attached hydrogens (tertiary/aromatic N) is 3. The average Bonchev–Trinajstić information content (AvgIpc) is 3.36. The Bertz CT molecular complexity index is 1290. The number of H-pyrrole nitrogens is 1. The van der Waals surface area contributed by atoms with Crippen molar-refractivity contribution in [3.8, 4) is 17.1 Å². The monoisotopic (exact) mass is 525 g/mol. The number of benzene rings is 2. The number of alkyl halides is 6. The maximum absolute atomic E-state index is 14.3. The summed E-state index contributed by atoms with van der Waals surface area (Å²) in [5.41, 5.74) is -1.07. The molecule has 1 atom stereocenters. The van der Waals surface area contributed by atoms with E-state index in [1.807, 2.05) is 0 Å². The van der Waals surface area contributed by atoms with Gasteiger partial charge in [-0.3, -0.25) is 4.79 Å². The third kappa shape index (κ3) is 5.59. The number of rotatable bonds is 7. The van der Waals surface area contributed by atoms with Gasteiger partial charge in [-0.05, 0) is 58.7 Å². The molecule has 0 saturated heterocycles. The fraction of sp³-hybridized carbons (Fsp3) is 0.333. The number of carbonyl (C=O) groups is 1. The number of aromatic amines is 1. The first-order valence-electron chi connectivity index (χ1n) is 11.1. The van der Waals surface area contributed by atoms with Crippen molar-refractivity contribution in [2.45, 2.75) is 44.1 Å². The number of hydrogen-bond donors (Lipinski definition) is 2. The van der Waals surface area contributed by atoms with E-state index in [2.05, 4.69) is 25.9 Å². The van der Waals surface area contributed by atoms with Crippen molar-refractivity contribution < 1.29 is 35.9 Å². The van der Waals surface area contributed by atoms with Crippen LogP contribution in [0.15, 0.2) is 48.5 Å². The van der Waals surface area contributed by atoms with E-state index in [4.69, 9.17) is 4.74 Å². The highest BCUT2D eigenvalue weighted by Gasteiger charge is 2.58. The SMILES string of the molecule is Cc1ccc(C2=CC[C@@](c3ccc(OCCCC(F)(F)F)cc3)(C(F)(F)F)NC2=O)cc1-c1nnn[nH]1. The van der Waals surface area contributed by atoms with E-state index in [0.717, 1.165) is 17.7 Å². The van der Waals surface area contributed by atoms with E-state index in [1.165, 1.54) is 18.2 Å². The maximum Gasteiger partial charge on any atom is 0.416 e. The second-order valence-electron chi connectivity index (χ2n) is 8.55. The molecular formula is C24H21F6N5O2. The van der Waals surface area contributed by atoms with Gasteiger partial charge in [0.25, 0.3) is 5.91 Å². The van der Waals surface area contributed by atoms with Crippen molar-refractivity contribution in [3.05, 3.63) is 65.2 Å². The molecule has 0 radical (unpaired) electrons. The number of ether oxygens (including phenoxy) is 1. The Labute approximate surface area is 206 Å². The molecule has 1 aliphatic rings. The molecule has 0 spiro atoms. The topological polar surface area (TPSA) is 92.8 Å². The molecule has 1 amide bonds. The van der Waals surface area contributed by atoms with Gasteiger partial charge in [0, 0.05) is 24.0 Å². The van der Waals surface area contributed by atoms with Gasteiger partial charge in [0.1, 0.15) is 5.75 Å². The van der Waals surface area contributed by atoms with Crippen LogP contribution in [-0.4, -0.2) is 45.5 Å². The van der Waals surface area contributed by atoms with Gasteiger partial charge < -0.3 is 10.1 Å². The van der Waals surface area contributed by atoms with Gasteiger partial charge in [-0.25, -0.2) is 5.10 Å². The lowest BCUT2D eigenvalue weighted by molar-refractivity contribution is -0.202. The molecule has 196 valence electrons. The number of tetrazole rings is 1. The fourth-order valence-electron chi connectivity index (χ4n) is 4.07. The molecule has 13 heteroatoms. The predicted octanol–water partition coefficient (Wildman–Crippen LogP) is 5.26. The summed E-state index contributed by atoms with van der Waals surface area (Å²) in [6, 6.07) is 9.71. The Morgan fingerprint density at radius 1 is 1.05 bits per heavy atom.